The SMILES string of the molecule is CC(C)(C)OC(=O)NC(C=O)CNc1ccc(F)cc1Nc1cncc(Br)c1. The molecular weight excluding hydrogens is 431 g/mol. The van der Waals surface area contributed by atoms with Gasteiger partial charge in [0.2, 0.25) is 0 Å². The van der Waals surface area contributed by atoms with Crippen molar-refractivity contribution in [1.29, 1.82) is 0 Å². The van der Waals surface area contributed by atoms with Crippen molar-refractivity contribution in [3.8, 4) is 0 Å². The number of ether oxygens (including phenoxy) is 1. The van der Waals surface area contributed by atoms with Crippen LogP contribution in [0.3, 0.4) is 0 Å². The van der Waals surface area contributed by atoms with Crippen molar-refractivity contribution in [3.05, 3.63) is 46.9 Å². The lowest BCUT2D eigenvalue weighted by Crippen LogP contribution is -2.43. The molecule has 0 aliphatic carbocycles. The van der Waals surface area contributed by atoms with Gasteiger partial charge in [0.15, 0.2) is 0 Å². The Morgan fingerprint density at radius 2 is 2.04 bits per heavy atom. The van der Waals surface area contributed by atoms with Crippen LogP contribution in [0.5, 0.6) is 0 Å². The van der Waals surface area contributed by atoms with E-state index in [2.05, 4.69) is 36.9 Å². The lowest BCUT2D eigenvalue weighted by atomic mass is 10.2. The summed E-state index contributed by atoms with van der Waals surface area (Å²) in [6.07, 6.45) is 3.14. The van der Waals surface area contributed by atoms with Gasteiger partial charge in [-0.05, 0) is 61.0 Å². The second-order valence-electron chi connectivity index (χ2n) is 6.98. The molecule has 0 bridgehead atoms. The van der Waals surface area contributed by atoms with E-state index >= 15 is 0 Å². The number of hydrogen-bond acceptors (Lipinski definition) is 6. The van der Waals surface area contributed by atoms with Crippen LogP contribution in [0, 0.1) is 5.82 Å². The molecule has 1 unspecified atom stereocenters. The zero-order valence-electron chi connectivity index (χ0n) is 15.8. The van der Waals surface area contributed by atoms with Crippen LogP contribution >= 0.6 is 15.9 Å². The van der Waals surface area contributed by atoms with Crippen molar-refractivity contribution in [2.75, 3.05) is 17.2 Å². The molecule has 0 saturated carbocycles. The van der Waals surface area contributed by atoms with E-state index in [0.29, 0.717) is 23.3 Å². The van der Waals surface area contributed by atoms with Gasteiger partial charge in [0.05, 0.1) is 23.3 Å². The van der Waals surface area contributed by atoms with Gasteiger partial charge in [-0.15, -0.1) is 0 Å². The van der Waals surface area contributed by atoms with E-state index < -0.39 is 23.6 Å². The highest BCUT2D eigenvalue weighted by Crippen LogP contribution is 2.27. The fourth-order valence-electron chi connectivity index (χ4n) is 2.22. The Balaban J connectivity index is 2.06. The number of pyridine rings is 1. The van der Waals surface area contributed by atoms with Crippen LogP contribution in [0.25, 0.3) is 0 Å². The molecule has 0 saturated heterocycles. The minimum Gasteiger partial charge on any atom is -0.444 e. The van der Waals surface area contributed by atoms with Crippen molar-refractivity contribution in [1.82, 2.24) is 10.3 Å². The average Bonchev–Trinajstić information content (AvgIpc) is 2.58. The van der Waals surface area contributed by atoms with Crippen molar-refractivity contribution in [2.24, 2.45) is 0 Å². The first-order chi connectivity index (χ1) is 13.2. The Hall–Kier alpha value is -2.68. The lowest BCUT2D eigenvalue weighted by Gasteiger charge is -2.22. The maximum absolute atomic E-state index is 13.7. The topological polar surface area (TPSA) is 92.3 Å². The van der Waals surface area contributed by atoms with Crippen LogP contribution in [0.1, 0.15) is 20.8 Å². The van der Waals surface area contributed by atoms with E-state index in [-0.39, 0.29) is 6.54 Å². The number of carbonyl (C=O) groups is 2. The Kier molecular flexibility index (Phi) is 7.33. The molecule has 7 nitrogen and oxygen atoms in total. The monoisotopic (exact) mass is 452 g/mol. The maximum atomic E-state index is 13.7. The zero-order valence-corrected chi connectivity index (χ0v) is 17.3. The average molecular weight is 453 g/mol. The molecule has 1 heterocycles. The third-order valence-electron chi connectivity index (χ3n) is 3.34. The van der Waals surface area contributed by atoms with E-state index in [1.54, 1.807) is 45.3 Å². The normalized spacial score (nSPS) is 12.0. The molecular formula is C19H22BrFN4O3. The van der Waals surface area contributed by atoms with E-state index in [0.717, 1.165) is 4.47 Å². The summed E-state index contributed by atoms with van der Waals surface area (Å²) in [6, 6.07) is 5.13. The second-order valence-corrected chi connectivity index (χ2v) is 7.89. The molecule has 0 radical (unpaired) electrons. The van der Waals surface area contributed by atoms with Gasteiger partial charge in [-0.1, -0.05) is 0 Å². The number of alkyl carbamates (subject to hydrolysis) is 1. The summed E-state index contributed by atoms with van der Waals surface area (Å²) in [7, 11) is 0. The van der Waals surface area contributed by atoms with E-state index in [1.807, 2.05) is 0 Å². The predicted molar refractivity (Wildman–Crippen MR) is 109 cm³/mol. The van der Waals surface area contributed by atoms with Crippen molar-refractivity contribution in [2.45, 2.75) is 32.4 Å². The number of benzene rings is 1. The van der Waals surface area contributed by atoms with Gasteiger partial charge < -0.3 is 25.5 Å². The molecule has 3 N–H and O–H groups in total. The minimum absolute atomic E-state index is 0.0970. The highest BCUT2D eigenvalue weighted by molar-refractivity contribution is 9.10. The van der Waals surface area contributed by atoms with Crippen molar-refractivity contribution < 1.29 is 18.7 Å². The van der Waals surface area contributed by atoms with Crippen LogP contribution in [-0.4, -0.2) is 35.6 Å². The van der Waals surface area contributed by atoms with Gasteiger partial charge in [-0.2, -0.15) is 0 Å². The molecule has 9 heteroatoms. The number of hydrogen-bond donors (Lipinski definition) is 3. The summed E-state index contributed by atoms with van der Waals surface area (Å²) < 4.78 is 19.6. The molecule has 150 valence electrons. The maximum Gasteiger partial charge on any atom is 0.408 e. The van der Waals surface area contributed by atoms with Gasteiger partial charge >= 0.3 is 6.09 Å². The summed E-state index contributed by atoms with van der Waals surface area (Å²) in [5, 5.41) is 8.58. The number of halogens is 2. The molecule has 0 aliphatic heterocycles. The van der Waals surface area contributed by atoms with Crippen molar-refractivity contribution >= 4 is 45.4 Å². The summed E-state index contributed by atoms with van der Waals surface area (Å²) in [5.41, 5.74) is 1.000. The fraction of sp³-hybridized carbons (Fsp3) is 0.316. The molecule has 0 spiro atoms. The molecule has 2 aromatic rings. The van der Waals surface area contributed by atoms with E-state index in [9.17, 15) is 14.0 Å². The standard InChI is InChI=1S/C19H22BrFN4O3/c1-19(2,3)28-18(27)25-15(11-26)10-23-16-5-4-13(21)7-17(16)24-14-6-12(20)8-22-9-14/h4-9,11,15,23-24H,10H2,1-3H3,(H,25,27). The number of nitrogens with zero attached hydrogens (tertiary/aromatic N) is 1. The fourth-order valence-corrected chi connectivity index (χ4v) is 2.59. The summed E-state index contributed by atoms with van der Waals surface area (Å²) in [4.78, 5) is 27.2. The molecule has 28 heavy (non-hydrogen) atoms. The predicted octanol–water partition coefficient (Wildman–Crippen LogP) is 4.23. The Labute approximate surface area is 171 Å². The Morgan fingerprint density at radius 3 is 2.68 bits per heavy atom. The molecule has 1 aromatic carbocycles. The third kappa shape index (κ3) is 7.15. The van der Waals surface area contributed by atoms with Crippen LogP contribution < -0.4 is 16.0 Å². The van der Waals surface area contributed by atoms with E-state index in [4.69, 9.17) is 4.74 Å². The van der Waals surface area contributed by atoms with Gasteiger partial charge in [-0.25, -0.2) is 9.18 Å². The molecule has 2 rings (SSSR count). The molecule has 1 aromatic heterocycles. The highest BCUT2D eigenvalue weighted by Gasteiger charge is 2.19. The largest absolute Gasteiger partial charge is 0.444 e. The number of nitrogens with one attached hydrogen (secondary N) is 3. The quantitative estimate of drug-likeness (QED) is 0.544. The summed E-state index contributed by atoms with van der Waals surface area (Å²) >= 11 is 3.33. The van der Waals surface area contributed by atoms with Gasteiger partial charge in [-0.3, -0.25) is 4.98 Å². The highest BCUT2D eigenvalue weighted by atomic mass is 79.9. The Morgan fingerprint density at radius 1 is 1.29 bits per heavy atom. The first kappa shape index (κ1) is 21.6. The minimum atomic E-state index is -0.819. The number of rotatable bonds is 7. The second kappa shape index (κ2) is 9.50. The van der Waals surface area contributed by atoms with Crippen molar-refractivity contribution in [3.63, 3.8) is 0 Å². The first-order valence-electron chi connectivity index (χ1n) is 8.52. The number of carbonyl (C=O) groups excluding carboxylic acids is 2. The van der Waals surface area contributed by atoms with Crippen LogP contribution in [-0.2, 0) is 9.53 Å². The molecule has 0 aliphatic rings. The zero-order chi connectivity index (χ0) is 20.7. The number of amides is 1. The number of anilines is 3. The summed E-state index contributed by atoms with van der Waals surface area (Å²) in [5.74, 6) is -0.421. The third-order valence-corrected chi connectivity index (χ3v) is 3.78. The smallest absolute Gasteiger partial charge is 0.408 e. The number of aromatic nitrogens is 1. The van der Waals surface area contributed by atoms with Crippen LogP contribution in [0.4, 0.5) is 26.2 Å². The van der Waals surface area contributed by atoms with Gasteiger partial charge in [0.25, 0.3) is 0 Å². The van der Waals surface area contributed by atoms with Crippen LogP contribution in [0.15, 0.2) is 41.1 Å². The molecule has 0 fully saturated rings. The molecule has 1 amide bonds. The van der Waals surface area contributed by atoms with Crippen LogP contribution in [0.2, 0.25) is 0 Å². The van der Waals surface area contributed by atoms with Gasteiger partial charge in [0, 0.05) is 17.2 Å². The molecule has 1 atom stereocenters. The Bertz CT molecular complexity index is 842. The summed E-state index contributed by atoms with van der Waals surface area (Å²) in [6.45, 7) is 5.29. The van der Waals surface area contributed by atoms with Gasteiger partial charge in [0.1, 0.15) is 23.7 Å². The van der Waals surface area contributed by atoms with E-state index in [1.165, 1.54) is 12.1 Å². The number of aldehydes is 1. The first-order valence-corrected chi connectivity index (χ1v) is 9.31. The lowest BCUT2D eigenvalue weighted by molar-refractivity contribution is -0.109.